The molecule has 0 unspecified atom stereocenters. The third-order valence-electron chi connectivity index (χ3n) is 6.25. The number of carbonyl (C=O) groups excluding carboxylic acids is 1. The fourth-order valence-corrected chi connectivity index (χ4v) is 4.70. The first kappa shape index (κ1) is 24.6. The number of hydrogen-bond acceptors (Lipinski definition) is 6. The molecule has 0 radical (unpaired) electrons. The van der Waals surface area contributed by atoms with Gasteiger partial charge in [-0.05, 0) is 62.7 Å². The first-order chi connectivity index (χ1) is 16.4. The summed E-state index contributed by atoms with van der Waals surface area (Å²) >= 11 is 6.30. The van der Waals surface area contributed by atoms with E-state index in [-0.39, 0.29) is 24.1 Å². The van der Waals surface area contributed by atoms with Crippen LogP contribution in [0.15, 0.2) is 24.0 Å². The standard InChI is InChI=1S/C27H32ClNO5/c1-4-6-8-29(9-7-5-2)14-21-22(30)10-17(3)24-25(31)23(34-27(21)24)13-18-11-20(28)12-19-15-32-16-33-26(18)19/h10-13,30H,4-9,14-16H2,1-3H3/b23-13+. The van der Waals surface area contributed by atoms with Crippen molar-refractivity contribution >= 4 is 23.5 Å². The fourth-order valence-electron chi connectivity index (χ4n) is 4.45. The van der Waals surface area contributed by atoms with Gasteiger partial charge in [-0.25, -0.2) is 0 Å². The molecule has 1 N–H and O–H groups in total. The number of halogens is 1. The van der Waals surface area contributed by atoms with Gasteiger partial charge >= 0.3 is 0 Å². The van der Waals surface area contributed by atoms with E-state index < -0.39 is 0 Å². The molecule has 34 heavy (non-hydrogen) atoms. The van der Waals surface area contributed by atoms with Crippen LogP contribution in [0.1, 0.15) is 72.1 Å². The van der Waals surface area contributed by atoms with Crippen molar-refractivity contribution in [2.75, 3.05) is 19.9 Å². The van der Waals surface area contributed by atoms with Crippen molar-refractivity contribution in [1.82, 2.24) is 4.90 Å². The number of rotatable bonds is 9. The Bertz CT molecular complexity index is 1100. The fraction of sp³-hybridized carbons (Fsp3) is 0.444. The smallest absolute Gasteiger partial charge is 0.232 e. The lowest BCUT2D eigenvalue weighted by Crippen LogP contribution is -2.26. The lowest BCUT2D eigenvalue weighted by molar-refractivity contribution is -0.0165. The van der Waals surface area contributed by atoms with E-state index in [1.807, 2.05) is 6.92 Å². The Labute approximate surface area is 206 Å². The Morgan fingerprint density at radius 2 is 1.85 bits per heavy atom. The minimum absolute atomic E-state index is 0.141. The second kappa shape index (κ2) is 10.8. The highest BCUT2D eigenvalue weighted by Crippen LogP contribution is 2.43. The Balaban J connectivity index is 1.70. The average molecular weight is 486 g/mol. The van der Waals surface area contributed by atoms with E-state index in [1.54, 1.807) is 24.3 Å². The number of carbonyl (C=O) groups is 1. The molecule has 4 rings (SSSR count). The molecule has 2 aliphatic heterocycles. The van der Waals surface area contributed by atoms with Gasteiger partial charge in [0.05, 0.1) is 17.7 Å². The van der Waals surface area contributed by atoms with Crippen LogP contribution in [0.4, 0.5) is 0 Å². The van der Waals surface area contributed by atoms with E-state index in [0.29, 0.717) is 51.9 Å². The number of fused-ring (bicyclic) bond motifs is 2. The van der Waals surface area contributed by atoms with Gasteiger partial charge in [0.15, 0.2) is 12.6 Å². The molecule has 0 spiro atoms. The van der Waals surface area contributed by atoms with Crippen LogP contribution in [0.3, 0.4) is 0 Å². The van der Waals surface area contributed by atoms with Crippen LogP contribution in [-0.2, 0) is 17.9 Å². The second-order valence-corrected chi connectivity index (χ2v) is 9.35. The van der Waals surface area contributed by atoms with Gasteiger partial charge in [0.1, 0.15) is 17.2 Å². The predicted molar refractivity (Wildman–Crippen MR) is 133 cm³/mol. The number of hydrogen-bond donors (Lipinski definition) is 1. The van der Waals surface area contributed by atoms with Crippen molar-refractivity contribution < 1.29 is 24.1 Å². The zero-order valence-electron chi connectivity index (χ0n) is 20.1. The largest absolute Gasteiger partial charge is 0.507 e. The summed E-state index contributed by atoms with van der Waals surface area (Å²) < 4.78 is 17.2. The number of allylic oxidation sites excluding steroid dienone is 1. The topological polar surface area (TPSA) is 68.2 Å². The van der Waals surface area contributed by atoms with Gasteiger partial charge in [-0.15, -0.1) is 0 Å². The van der Waals surface area contributed by atoms with Crippen molar-refractivity contribution in [3.8, 4) is 17.2 Å². The van der Waals surface area contributed by atoms with Gasteiger partial charge < -0.3 is 19.3 Å². The zero-order valence-corrected chi connectivity index (χ0v) is 20.8. The molecule has 182 valence electrons. The molecule has 0 aromatic heterocycles. The van der Waals surface area contributed by atoms with Gasteiger partial charge in [0, 0.05) is 22.7 Å². The van der Waals surface area contributed by atoms with Crippen molar-refractivity contribution in [2.45, 2.75) is 59.6 Å². The Hall–Kier alpha value is -2.54. The van der Waals surface area contributed by atoms with Crippen molar-refractivity contribution in [1.29, 1.82) is 0 Å². The lowest BCUT2D eigenvalue weighted by Gasteiger charge is -2.23. The maximum Gasteiger partial charge on any atom is 0.232 e. The summed E-state index contributed by atoms with van der Waals surface area (Å²) in [7, 11) is 0. The molecule has 0 amide bonds. The van der Waals surface area contributed by atoms with Gasteiger partial charge in [0.2, 0.25) is 5.78 Å². The van der Waals surface area contributed by atoms with Crippen molar-refractivity contribution in [3.63, 3.8) is 0 Å². The van der Waals surface area contributed by atoms with E-state index in [4.69, 9.17) is 25.8 Å². The first-order valence-electron chi connectivity index (χ1n) is 12.0. The maximum absolute atomic E-state index is 13.4. The first-order valence-corrected chi connectivity index (χ1v) is 12.4. The minimum atomic E-state index is -0.205. The number of benzene rings is 2. The average Bonchev–Trinajstić information content (AvgIpc) is 3.14. The molecule has 7 heteroatoms. The summed E-state index contributed by atoms with van der Waals surface area (Å²) in [6, 6.07) is 5.21. The van der Waals surface area contributed by atoms with E-state index in [2.05, 4.69) is 18.7 Å². The maximum atomic E-state index is 13.4. The minimum Gasteiger partial charge on any atom is -0.507 e. The Kier molecular flexibility index (Phi) is 7.81. The Morgan fingerprint density at radius 1 is 1.12 bits per heavy atom. The van der Waals surface area contributed by atoms with Crippen LogP contribution in [0.2, 0.25) is 5.02 Å². The van der Waals surface area contributed by atoms with Crippen molar-refractivity contribution in [3.05, 3.63) is 56.8 Å². The van der Waals surface area contributed by atoms with Gasteiger partial charge in [-0.3, -0.25) is 9.69 Å². The van der Waals surface area contributed by atoms with Gasteiger partial charge in [-0.2, -0.15) is 0 Å². The number of aromatic hydroxyl groups is 1. The summed E-state index contributed by atoms with van der Waals surface area (Å²) in [5.74, 6) is 1.23. The molecule has 0 atom stereocenters. The molecule has 0 saturated heterocycles. The van der Waals surface area contributed by atoms with Crippen LogP contribution >= 0.6 is 11.6 Å². The number of nitrogens with zero attached hydrogens (tertiary/aromatic N) is 1. The quantitative estimate of drug-likeness (QED) is 0.424. The number of ether oxygens (including phenoxy) is 3. The van der Waals surface area contributed by atoms with Crippen molar-refractivity contribution in [2.24, 2.45) is 0 Å². The molecule has 2 aliphatic rings. The zero-order chi connectivity index (χ0) is 24.2. The molecule has 6 nitrogen and oxygen atoms in total. The summed E-state index contributed by atoms with van der Waals surface area (Å²) in [4.78, 5) is 15.7. The van der Waals surface area contributed by atoms with E-state index >= 15 is 0 Å². The second-order valence-electron chi connectivity index (χ2n) is 8.91. The van der Waals surface area contributed by atoms with Gasteiger partial charge in [0.25, 0.3) is 0 Å². The number of aryl methyl sites for hydroxylation is 1. The molecule has 2 heterocycles. The van der Waals surface area contributed by atoms with Gasteiger partial charge in [-0.1, -0.05) is 38.3 Å². The van der Waals surface area contributed by atoms with E-state index in [9.17, 15) is 9.90 Å². The van der Waals surface area contributed by atoms with E-state index in [1.165, 1.54) is 0 Å². The molecule has 0 fully saturated rings. The summed E-state index contributed by atoms with van der Waals surface area (Å²) in [5.41, 5.74) is 3.34. The van der Waals surface area contributed by atoms with Crippen LogP contribution in [0, 0.1) is 6.92 Å². The van der Waals surface area contributed by atoms with Crippen LogP contribution in [-0.4, -0.2) is 35.7 Å². The molecule has 0 bridgehead atoms. The lowest BCUT2D eigenvalue weighted by atomic mass is 9.98. The number of ketones is 1. The van der Waals surface area contributed by atoms with Crippen LogP contribution < -0.4 is 9.47 Å². The predicted octanol–water partition coefficient (Wildman–Crippen LogP) is 6.24. The van der Waals surface area contributed by atoms with E-state index in [0.717, 1.165) is 44.3 Å². The number of Topliss-reactive ketones (excluding diaryl/α,β-unsaturated/α-hetero) is 1. The molecular weight excluding hydrogens is 454 g/mol. The summed E-state index contributed by atoms with van der Waals surface area (Å²) in [6.45, 7) is 9.09. The van der Waals surface area contributed by atoms with Crippen LogP contribution in [0.5, 0.6) is 17.2 Å². The van der Waals surface area contributed by atoms with Crippen LogP contribution in [0.25, 0.3) is 6.08 Å². The highest BCUT2D eigenvalue weighted by atomic mass is 35.5. The summed E-state index contributed by atoms with van der Waals surface area (Å²) in [6.07, 6.45) is 6.02. The molecule has 0 saturated carbocycles. The number of phenols is 1. The molecule has 0 aliphatic carbocycles. The Morgan fingerprint density at radius 3 is 2.56 bits per heavy atom. The highest BCUT2D eigenvalue weighted by molar-refractivity contribution is 6.31. The normalized spacial score (nSPS) is 15.9. The molecule has 2 aromatic carbocycles. The monoisotopic (exact) mass is 485 g/mol. The summed E-state index contributed by atoms with van der Waals surface area (Å²) in [5, 5.41) is 11.4. The number of phenolic OH excluding ortho intramolecular Hbond substituents is 1. The molecular formula is C27H32ClNO5. The highest BCUT2D eigenvalue weighted by Gasteiger charge is 2.34. The third-order valence-corrected chi connectivity index (χ3v) is 6.47. The number of unbranched alkanes of at least 4 members (excludes halogenated alkanes) is 2. The third kappa shape index (κ3) is 5.09. The SMILES string of the molecule is CCCCN(CCCC)Cc1c(O)cc(C)c2c1O/C(=C/c1cc(Cl)cc3c1OCOC3)C2=O. The molecule has 2 aromatic rings.